The summed E-state index contributed by atoms with van der Waals surface area (Å²) in [6.45, 7) is 0.242. The van der Waals surface area contributed by atoms with E-state index in [0.29, 0.717) is 10.2 Å². The average molecular weight is 288 g/mol. The van der Waals surface area contributed by atoms with Crippen molar-refractivity contribution in [3.8, 4) is 5.75 Å². The van der Waals surface area contributed by atoms with Gasteiger partial charge < -0.3 is 9.72 Å². The van der Waals surface area contributed by atoms with Crippen LogP contribution >= 0.6 is 11.3 Å². The van der Waals surface area contributed by atoms with Gasteiger partial charge in [-0.15, -0.1) is 11.3 Å². The molecule has 0 spiro atoms. The van der Waals surface area contributed by atoms with Crippen molar-refractivity contribution >= 4 is 21.6 Å². The van der Waals surface area contributed by atoms with Gasteiger partial charge in [0.25, 0.3) is 5.56 Å². The second kappa shape index (κ2) is 4.97. The molecule has 0 saturated heterocycles. The lowest BCUT2D eigenvalue weighted by molar-refractivity contribution is 0.414. The van der Waals surface area contributed by atoms with E-state index < -0.39 is 5.69 Å². The molecular formula is C14H12N2O3S. The van der Waals surface area contributed by atoms with Crippen molar-refractivity contribution in [3.05, 3.63) is 62.1 Å². The molecule has 0 unspecified atom stereocenters. The second-order valence-electron chi connectivity index (χ2n) is 4.33. The van der Waals surface area contributed by atoms with Gasteiger partial charge in [0.2, 0.25) is 0 Å². The minimum atomic E-state index is -0.392. The molecule has 3 rings (SSSR count). The van der Waals surface area contributed by atoms with Crippen molar-refractivity contribution in [1.82, 2.24) is 9.55 Å². The highest BCUT2D eigenvalue weighted by atomic mass is 32.1. The van der Waals surface area contributed by atoms with Crippen LogP contribution in [0, 0.1) is 0 Å². The number of ether oxygens (including phenoxy) is 1. The molecule has 0 radical (unpaired) electrons. The molecule has 0 aliphatic carbocycles. The van der Waals surface area contributed by atoms with Gasteiger partial charge >= 0.3 is 5.69 Å². The third kappa shape index (κ3) is 2.14. The number of methoxy groups -OCH3 is 1. The molecule has 5 nitrogen and oxygen atoms in total. The van der Waals surface area contributed by atoms with Crippen LogP contribution in [0.5, 0.6) is 5.75 Å². The van der Waals surface area contributed by atoms with Crippen LogP contribution in [-0.2, 0) is 6.54 Å². The third-order valence-corrected chi connectivity index (χ3v) is 3.99. The lowest BCUT2D eigenvalue weighted by atomic mass is 10.2. The molecule has 0 atom stereocenters. The predicted molar refractivity (Wildman–Crippen MR) is 78.8 cm³/mol. The summed E-state index contributed by atoms with van der Waals surface area (Å²) in [6.07, 6.45) is 0. The van der Waals surface area contributed by atoms with E-state index in [0.717, 1.165) is 11.3 Å². The molecule has 1 aromatic carbocycles. The molecule has 1 N–H and O–H groups in total. The Hall–Kier alpha value is -2.34. The first-order valence-electron chi connectivity index (χ1n) is 6.02. The molecule has 0 aliphatic rings. The quantitative estimate of drug-likeness (QED) is 0.799. The number of benzene rings is 1. The summed E-state index contributed by atoms with van der Waals surface area (Å²) in [5.74, 6) is 0.740. The molecule has 0 aliphatic heterocycles. The van der Waals surface area contributed by atoms with Crippen molar-refractivity contribution in [1.29, 1.82) is 0 Å². The number of hydrogen-bond donors (Lipinski definition) is 1. The molecular weight excluding hydrogens is 276 g/mol. The summed E-state index contributed by atoms with van der Waals surface area (Å²) < 4.78 is 6.86. The highest BCUT2D eigenvalue weighted by Crippen LogP contribution is 2.14. The molecule has 0 saturated carbocycles. The van der Waals surface area contributed by atoms with Crippen LogP contribution in [0.4, 0.5) is 0 Å². The number of H-pyrrole nitrogens is 1. The molecule has 0 amide bonds. The first-order valence-corrected chi connectivity index (χ1v) is 6.90. The van der Waals surface area contributed by atoms with Crippen LogP contribution in [-0.4, -0.2) is 16.7 Å². The van der Waals surface area contributed by atoms with Gasteiger partial charge in [0.1, 0.15) is 10.4 Å². The SMILES string of the molecule is COc1ccc(Cn2c(=O)[nH]c3ccsc3c2=O)cc1. The van der Waals surface area contributed by atoms with E-state index >= 15 is 0 Å². The van der Waals surface area contributed by atoms with Gasteiger partial charge in [-0.05, 0) is 29.1 Å². The fraction of sp³-hybridized carbons (Fsp3) is 0.143. The Morgan fingerprint density at radius 1 is 1.20 bits per heavy atom. The number of rotatable bonds is 3. The number of nitrogens with zero attached hydrogens (tertiary/aromatic N) is 1. The summed E-state index contributed by atoms with van der Waals surface area (Å²) in [5, 5.41) is 1.79. The maximum absolute atomic E-state index is 12.3. The van der Waals surface area contributed by atoms with Crippen molar-refractivity contribution in [3.63, 3.8) is 0 Å². The maximum atomic E-state index is 12.3. The van der Waals surface area contributed by atoms with Gasteiger partial charge in [-0.2, -0.15) is 0 Å². The first-order chi connectivity index (χ1) is 9.69. The van der Waals surface area contributed by atoms with Crippen LogP contribution in [0.3, 0.4) is 0 Å². The van der Waals surface area contributed by atoms with Gasteiger partial charge in [0.05, 0.1) is 19.2 Å². The Balaban J connectivity index is 2.05. The van der Waals surface area contributed by atoms with E-state index in [1.54, 1.807) is 30.7 Å². The Labute approximate surface area is 118 Å². The largest absolute Gasteiger partial charge is 0.497 e. The molecule has 2 heterocycles. The number of nitrogens with one attached hydrogen (secondary N) is 1. The van der Waals surface area contributed by atoms with Gasteiger partial charge in [0.15, 0.2) is 0 Å². The van der Waals surface area contributed by atoms with E-state index in [-0.39, 0.29) is 12.1 Å². The summed E-state index contributed by atoms with van der Waals surface area (Å²) in [7, 11) is 1.59. The minimum Gasteiger partial charge on any atom is -0.497 e. The topological polar surface area (TPSA) is 64.1 Å². The zero-order chi connectivity index (χ0) is 14.1. The summed E-state index contributed by atoms with van der Waals surface area (Å²) in [5.41, 5.74) is 0.816. The zero-order valence-electron chi connectivity index (χ0n) is 10.8. The Kier molecular flexibility index (Phi) is 3.15. The van der Waals surface area contributed by atoms with Crippen molar-refractivity contribution in [2.45, 2.75) is 6.54 Å². The number of aromatic nitrogens is 2. The van der Waals surface area contributed by atoms with E-state index in [1.165, 1.54) is 15.9 Å². The van der Waals surface area contributed by atoms with Gasteiger partial charge in [-0.25, -0.2) is 4.79 Å². The predicted octanol–water partition coefficient (Wildman–Crippen LogP) is 1.81. The fourth-order valence-electron chi connectivity index (χ4n) is 2.03. The molecule has 6 heteroatoms. The van der Waals surface area contributed by atoms with Gasteiger partial charge in [-0.3, -0.25) is 9.36 Å². The van der Waals surface area contributed by atoms with E-state index in [4.69, 9.17) is 4.74 Å². The van der Waals surface area contributed by atoms with E-state index in [1.807, 2.05) is 12.1 Å². The van der Waals surface area contributed by atoms with Crippen molar-refractivity contribution in [2.75, 3.05) is 7.11 Å². The number of fused-ring (bicyclic) bond motifs is 1. The number of aromatic amines is 1. The summed E-state index contributed by atoms with van der Waals surface area (Å²) in [6, 6.07) is 9.02. The normalized spacial score (nSPS) is 10.8. The lowest BCUT2D eigenvalue weighted by Gasteiger charge is -2.06. The second-order valence-corrected chi connectivity index (χ2v) is 5.25. The highest BCUT2D eigenvalue weighted by molar-refractivity contribution is 7.17. The van der Waals surface area contributed by atoms with Crippen LogP contribution < -0.4 is 16.0 Å². The van der Waals surface area contributed by atoms with Crippen molar-refractivity contribution < 1.29 is 4.74 Å². The summed E-state index contributed by atoms with van der Waals surface area (Å²) in [4.78, 5) is 26.9. The molecule has 0 bridgehead atoms. The fourth-order valence-corrected chi connectivity index (χ4v) is 2.83. The smallest absolute Gasteiger partial charge is 0.329 e. The number of thiophene rings is 1. The standard InChI is InChI=1S/C14H12N2O3S/c1-19-10-4-2-9(3-5-10)8-16-13(17)12-11(6-7-20-12)15-14(16)18/h2-7H,8H2,1H3,(H,15,18). The van der Waals surface area contributed by atoms with Crippen LogP contribution in [0.1, 0.15) is 5.56 Å². The molecule has 3 aromatic rings. The average Bonchev–Trinajstić information content (AvgIpc) is 2.92. The lowest BCUT2D eigenvalue weighted by Crippen LogP contribution is -2.34. The van der Waals surface area contributed by atoms with E-state index in [2.05, 4.69) is 4.98 Å². The highest BCUT2D eigenvalue weighted by Gasteiger charge is 2.09. The Morgan fingerprint density at radius 3 is 2.65 bits per heavy atom. The Morgan fingerprint density at radius 2 is 1.95 bits per heavy atom. The molecule has 102 valence electrons. The molecule has 20 heavy (non-hydrogen) atoms. The molecule has 2 aromatic heterocycles. The third-order valence-electron chi connectivity index (χ3n) is 3.09. The monoisotopic (exact) mass is 288 g/mol. The van der Waals surface area contributed by atoms with E-state index in [9.17, 15) is 9.59 Å². The molecule has 0 fully saturated rings. The summed E-state index contributed by atoms with van der Waals surface area (Å²) >= 11 is 1.33. The Bertz CT molecular complexity index is 858. The van der Waals surface area contributed by atoms with Crippen LogP contribution in [0.15, 0.2) is 45.3 Å². The van der Waals surface area contributed by atoms with Gasteiger partial charge in [-0.1, -0.05) is 12.1 Å². The number of hydrogen-bond acceptors (Lipinski definition) is 4. The first kappa shape index (κ1) is 12.7. The van der Waals surface area contributed by atoms with Crippen LogP contribution in [0.25, 0.3) is 10.2 Å². The zero-order valence-corrected chi connectivity index (χ0v) is 11.6. The minimum absolute atomic E-state index is 0.242. The van der Waals surface area contributed by atoms with Crippen molar-refractivity contribution in [2.24, 2.45) is 0 Å². The van der Waals surface area contributed by atoms with Gasteiger partial charge in [0, 0.05) is 0 Å². The van der Waals surface area contributed by atoms with Crippen LogP contribution in [0.2, 0.25) is 0 Å². The maximum Gasteiger partial charge on any atom is 0.329 e.